The SMILES string of the molecule is Cc1ccc(Nc2nc(NN)ncc2Cl)c(Cl)c1. The smallest absolute Gasteiger partial charge is 0.239 e. The average Bonchev–Trinajstić information content (AvgIpc) is 2.35. The lowest BCUT2D eigenvalue weighted by Crippen LogP contribution is -2.11. The summed E-state index contributed by atoms with van der Waals surface area (Å²) in [5, 5.41) is 4.00. The molecule has 0 amide bonds. The van der Waals surface area contributed by atoms with Gasteiger partial charge in [0.1, 0.15) is 5.02 Å². The highest BCUT2D eigenvalue weighted by molar-refractivity contribution is 6.34. The molecule has 4 N–H and O–H groups in total. The fourth-order valence-electron chi connectivity index (χ4n) is 1.37. The molecule has 1 heterocycles. The van der Waals surface area contributed by atoms with E-state index in [1.54, 1.807) is 0 Å². The molecule has 7 heteroatoms. The Labute approximate surface area is 114 Å². The first-order valence-electron chi connectivity index (χ1n) is 5.12. The predicted molar refractivity (Wildman–Crippen MR) is 74.3 cm³/mol. The van der Waals surface area contributed by atoms with Gasteiger partial charge in [-0.3, -0.25) is 5.43 Å². The molecule has 1 aromatic carbocycles. The number of rotatable bonds is 3. The fraction of sp³-hybridized carbons (Fsp3) is 0.0909. The van der Waals surface area contributed by atoms with E-state index in [1.165, 1.54) is 6.20 Å². The highest BCUT2D eigenvalue weighted by atomic mass is 35.5. The van der Waals surface area contributed by atoms with Crippen molar-refractivity contribution in [3.63, 3.8) is 0 Å². The Morgan fingerprint density at radius 3 is 2.67 bits per heavy atom. The minimum absolute atomic E-state index is 0.269. The molecule has 0 aliphatic carbocycles. The molecule has 0 radical (unpaired) electrons. The van der Waals surface area contributed by atoms with E-state index in [2.05, 4.69) is 20.7 Å². The summed E-state index contributed by atoms with van der Waals surface area (Å²) in [6, 6.07) is 5.64. The number of nitrogens with two attached hydrogens (primary N) is 1. The molecular formula is C11H11Cl2N5. The van der Waals surface area contributed by atoms with Crippen molar-refractivity contribution in [1.82, 2.24) is 9.97 Å². The van der Waals surface area contributed by atoms with E-state index in [1.807, 2.05) is 25.1 Å². The van der Waals surface area contributed by atoms with Crippen LogP contribution in [0.3, 0.4) is 0 Å². The Morgan fingerprint density at radius 1 is 1.22 bits per heavy atom. The highest BCUT2D eigenvalue weighted by Gasteiger charge is 2.07. The van der Waals surface area contributed by atoms with E-state index < -0.39 is 0 Å². The van der Waals surface area contributed by atoms with Crippen LogP contribution in [0.5, 0.6) is 0 Å². The Morgan fingerprint density at radius 2 is 2.00 bits per heavy atom. The first-order valence-corrected chi connectivity index (χ1v) is 5.88. The third kappa shape index (κ3) is 2.81. The van der Waals surface area contributed by atoms with Crippen LogP contribution in [-0.2, 0) is 0 Å². The van der Waals surface area contributed by atoms with Crippen molar-refractivity contribution in [3.8, 4) is 0 Å². The van der Waals surface area contributed by atoms with Gasteiger partial charge in [0, 0.05) is 0 Å². The standard InChI is InChI=1S/C11H11Cl2N5/c1-6-2-3-9(7(12)4-6)16-10-8(13)5-15-11(17-10)18-14/h2-5H,14H2,1H3,(H2,15,16,17,18). The minimum Gasteiger partial charge on any atom is -0.338 e. The van der Waals surface area contributed by atoms with Gasteiger partial charge in [-0.05, 0) is 24.6 Å². The molecule has 18 heavy (non-hydrogen) atoms. The molecule has 5 nitrogen and oxygen atoms in total. The van der Waals surface area contributed by atoms with Crippen LogP contribution >= 0.6 is 23.2 Å². The average molecular weight is 284 g/mol. The summed E-state index contributed by atoms with van der Waals surface area (Å²) in [6.07, 6.45) is 1.45. The summed E-state index contributed by atoms with van der Waals surface area (Å²) in [4.78, 5) is 7.98. The van der Waals surface area contributed by atoms with Gasteiger partial charge in [-0.25, -0.2) is 10.8 Å². The van der Waals surface area contributed by atoms with Gasteiger partial charge in [0.15, 0.2) is 5.82 Å². The number of hydrazine groups is 1. The quantitative estimate of drug-likeness (QED) is 0.596. The van der Waals surface area contributed by atoms with Crippen LogP contribution in [0.2, 0.25) is 10.0 Å². The number of aromatic nitrogens is 2. The molecule has 94 valence electrons. The number of nitrogen functional groups attached to an aromatic ring is 1. The lowest BCUT2D eigenvalue weighted by Gasteiger charge is -2.10. The summed E-state index contributed by atoms with van der Waals surface area (Å²) in [6.45, 7) is 1.96. The molecule has 2 rings (SSSR count). The Kier molecular flexibility index (Phi) is 3.86. The van der Waals surface area contributed by atoms with Gasteiger partial charge in [-0.1, -0.05) is 29.3 Å². The largest absolute Gasteiger partial charge is 0.338 e. The van der Waals surface area contributed by atoms with Crippen molar-refractivity contribution in [3.05, 3.63) is 40.0 Å². The molecule has 1 aromatic heterocycles. The number of aryl methyl sites for hydroxylation is 1. The molecule has 0 atom stereocenters. The Bertz CT molecular complexity index is 573. The lowest BCUT2D eigenvalue weighted by molar-refractivity contribution is 1.12. The zero-order valence-electron chi connectivity index (χ0n) is 9.54. The Hall–Kier alpha value is -1.56. The number of hydrogen-bond donors (Lipinski definition) is 3. The Balaban J connectivity index is 2.33. The van der Waals surface area contributed by atoms with Gasteiger partial charge >= 0.3 is 0 Å². The third-order valence-electron chi connectivity index (χ3n) is 2.25. The second-order valence-electron chi connectivity index (χ2n) is 3.64. The van der Waals surface area contributed by atoms with Gasteiger partial charge in [-0.15, -0.1) is 0 Å². The normalized spacial score (nSPS) is 10.2. The number of halogens is 2. The zero-order chi connectivity index (χ0) is 13.1. The van der Waals surface area contributed by atoms with Gasteiger partial charge in [0.2, 0.25) is 5.95 Å². The molecule has 0 aliphatic heterocycles. The lowest BCUT2D eigenvalue weighted by atomic mass is 10.2. The number of benzene rings is 1. The molecule has 0 fully saturated rings. The van der Waals surface area contributed by atoms with E-state index in [0.717, 1.165) is 5.56 Å². The van der Waals surface area contributed by atoms with Crippen molar-refractivity contribution in [2.75, 3.05) is 10.7 Å². The number of nitrogens with one attached hydrogen (secondary N) is 2. The summed E-state index contributed by atoms with van der Waals surface area (Å²) in [5.74, 6) is 5.94. The molecule has 0 saturated heterocycles. The van der Waals surface area contributed by atoms with Crippen LogP contribution < -0.4 is 16.6 Å². The van der Waals surface area contributed by atoms with E-state index in [-0.39, 0.29) is 5.95 Å². The van der Waals surface area contributed by atoms with Gasteiger partial charge in [0.25, 0.3) is 0 Å². The number of anilines is 3. The topological polar surface area (TPSA) is 75.9 Å². The first-order chi connectivity index (χ1) is 8.60. The molecule has 2 aromatic rings. The van der Waals surface area contributed by atoms with E-state index in [4.69, 9.17) is 29.0 Å². The monoisotopic (exact) mass is 283 g/mol. The molecule has 0 bridgehead atoms. The van der Waals surface area contributed by atoms with Crippen LogP contribution in [0, 0.1) is 6.92 Å². The van der Waals surface area contributed by atoms with Crippen molar-refractivity contribution in [2.24, 2.45) is 5.84 Å². The summed E-state index contributed by atoms with van der Waals surface area (Å²) < 4.78 is 0. The third-order valence-corrected chi connectivity index (χ3v) is 2.84. The number of nitrogens with zero attached hydrogens (tertiary/aromatic N) is 2. The van der Waals surface area contributed by atoms with E-state index >= 15 is 0 Å². The van der Waals surface area contributed by atoms with Crippen LogP contribution in [-0.4, -0.2) is 9.97 Å². The van der Waals surface area contributed by atoms with Crippen molar-refractivity contribution in [2.45, 2.75) is 6.92 Å². The second kappa shape index (κ2) is 5.39. The predicted octanol–water partition coefficient (Wildman–Crippen LogP) is 3.12. The van der Waals surface area contributed by atoms with Crippen LogP contribution in [0.15, 0.2) is 24.4 Å². The first kappa shape index (κ1) is 12.9. The molecule has 0 saturated carbocycles. The zero-order valence-corrected chi connectivity index (χ0v) is 11.0. The molecule has 0 spiro atoms. The van der Waals surface area contributed by atoms with Crippen molar-refractivity contribution >= 4 is 40.7 Å². The van der Waals surface area contributed by atoms with Gasteiger partial charge in [0.05, 0.1) is 16.9 Å². The van der Waals surface area contributed by atoms with Crippen molar-refractivity contribution < 1.29 is 0 Å². The highest BCUT2D eigenvalue weighted by Crippen LogP contribution is 2.28. The van der Waals surface area contributed by atoms with Gasteiger partial charge < -0.3 is 5.32 Å². The maximum atomic E-state index is 6.12. The van der Waals surface area contributed by atoms with E-state index in [9.17, 15) is 0 Å². The number of hydrogen-bond acceptors (Lipinski definition) is 5. The second-order valence-corrected chi connectivity index (χ2v) is 4.46. The maximum Gasteiger partial charge on any atom is 0.239 e. The maximum absolute atomic E-state index is 6.12. The molecule has 0 unspecified atom stereocenters. The minimum atomic E-state index is 0.269. The molecule has 0 aliphatic rings. The fourth-order valence-corrected chi connectivity index (χ4v) is 1.79. The summed E-state index contributed by atoms with van der Waals surface area (Å²) in [5.41, 5.74) is 4.14. The van der Waals surface area contributed by atoms with Crippen molar-refractivity contribution in [1.29, 1.82) is 0 Å². The molecular weight excluding hydrogens is 273 g/mol. The summed E-state index contributed by atoms with van der Waals surface area (Å²) in [7, 11) is 0. The van der Waals surface area contributed by atoms with Crippen LogP contribution in [0.1, 0.15) is 5.56 Å². The van der Waals surface area contributed by atoms with Crippen LogP contribution in [0.25, 0.3) is 0 Å². The van der Waals surface area contributed by atoms with E-state index in [0.29, 0.717) is 21.6 Å². The van der Waals surface area contributed by atoms with Crippen LogP contribution in [0.4, 0.5) is 17.5 Å². The van der Waals surface area contributed by atoms with Gasteiger partial charge in [-0.2, -0.15) is 4.98 Å². The summed E-state index contributed by atoms with van der Waals surface area (Å²) >= 11 is 12.1.